The van der Waals surface area contributed by atoms with Gasteiger partial charge in [0.2, 0.25) is 5.91 Å². The highest BCUT2D eigenvalue weighted by atomic mass is 35.5. The van der Waals surface area contributed by atoms with Gasteiger partial charge in [-0.15, -0.1) is 0 Å². The van der Waals surface area contributed by atoms with Gasteiger partial charge in [0.25, 0.3) is 0 Å². The van der Waals surface area contributed by atoms with Crippen LogP contribution in [0.3, 0.4) is 0 Å². The van der Waals surface area contributed by atoms with E-state index in [1.54, 1.807) is 6.20 Å². The average Bonchev–Trinajstić information content (AvgIpc) is 2.70. The molecule has 0 bridgehead atoms. The molecular formula is C23H24ClN3O. The van der Waals surface area contributed by atoms with Crippen LogP contribution in [-0.2, 0) is 11.3 Å². The Kier molecular flexibility index (Phi) is 5.60. The van der Waals surface area contributed by atoms with Crippen molar-refractivity contribution in [2.45, 2.75) is 26.3 Å². The summed E-state index contributed by atoms with van der Waals surface area (Å²) in [6, 6.07) is 16.0. The molecule has 0 radical (unpaired) electrons. The highest BCUT2D eigenvalue weighted by Gasteiger charge is 2.25. The molecule has 0 spiro atoms. The zero-order chi connectivity index (χ0) is 19.5. The van der Waals surface area contributed by atoms with Gasteiger partial charge in [0.1, 0.15) is 0 Å². The molecule has 1 aromatic heterocycles. The molecule has 1 N–H and O–H groups in total. The zero-order valence-electron chi connectivity index (χ0n) is 16.0. The fourth-order valence-corrected chi connectivity index (χ4v) is 3.98. The second-order valence-electron chi connectivity index (χ2n) is 7.50. The van der Waals surface area contributed by atoms with Crippen molar-refractivity contribution >= 4 is 34.0 Å². The number of likely N-dealkylation sites (tertiary alicyclic amines) is 1. The number of piperidine rings is 1. The van der Waals surface area contributed by atoms with Crippen LogP contribution in [0.25, 0.3) is 10.8 Å². The monoisotopic (exact) mass is 393 g/mol. The van der Waals surface area contributed by atoms with Crippen molar-refractivity contribution < 1.29 is 4.79 Å². The number of carbonyl (C=O) groups excluding carboxylic acids is 1. The molecule has 5 heteroatoms. The van der Waals surface area contributed by atoms with Crippen LogP contribution >= 0.6 is 11.6 Å². The number of hydrogen-bond acceptors (Lipinski definition) is 3. The maximum Gasteiger partial charge on any atom is 0.227 e. The molecule has 28 heavy (non-hydrogen) atoms. The third kappa shape index (κ3) is 4.34. The van der Waals surface area contributed by atoms with E-state index < -0.39 is 0 Å². The topological polar surface area (TPSA) is 45.2 Å². The predicted molar refractivity (Wildman–Crippen MR) is 115 cm³/mol. The molecule has 1 amide bonds. The molecule has 4 nitrogen and oxygen atoms in total. The third-order valence-corrected chi connectivity index (χ3v) is 5.76. The van der Waals surface area contributed by atoms with Gasteiger partial charge in [-0.3, -0.25) is 14.7 Å². The fourth-order valence-electron chi connectivity index (χ4n) is 3.85. The molecule has 3 aromatic rings. The smallest absolute Gasteiger partial charge is 0.227 e. The Labute approximate surface area is 170 Å². The van der Waals surface area contributed by atoms with Gasteiger partial charge in [-0.05, 0) is 74.1 Å². The van der Waals surface area contributed by atoms with Crippen molar-refractivity contribution in [3.8, 4) is 0 Å². The second-order valence-corrected chi connectivity index (χ2v) is 7.93. The van der Waals surface area contributed by atoms with Crippen molar-refractivity contribution in [3.63, 3.8) is 0 Å². The summed E-state index contributed by atoms with van der Waals surface area (Å²) >= 11 is 5.95. The van der Waals surface area contributed by atoms with Crippen LogP contribution in [0.5, 0.6) is 0 Å². The SMILES string of the molecule is Cc1nccc2cc(NC(=O)C3CCN(Cc4ccc(Cl)cc4)CC3)ccc12. The Bertz CT molecular complexity index is 979. The number of aromatic nitrogens is 1. The molecule has 2 aromatic carbocycles. The largest absolute Gasteiger partial charge is 0.326 e. The first-order chi connectivity index (χ1) is 13.6. The molecular weight excluding hydrogens is 370 g/mol. The van der Waals surface area contributed by atoms with E-state index in [2.05, 4.69) is 27.3 Å². The molecule has 1 aliphatic rings. The van der Waals surface area contributed by atoms with Crippen LogP contribution in [0.15, 0.2) is 54.7 Å². The molecule has 0 saturated carbocycles. The number of amides is 1. The number of fused-ring (bicyclic) bond motifs is 1. The summed E-state index contributed by atoms with van der Waals surface area (Å²) in [5, 5.41) is 6.09. The first-order valence-electron chi connectivity index (χ1n) is 9.71. The number of nitrogens with one attached hydrogen (secondary N) is 1. The van der Waals surface area contributed by atoms with Crippen molar-refractivity contribution in [2.24, 2.45) is 5.92 Å². The summed E-state index contributed by atoms with van der Waals surface area (Å²) in [6.45, 7) is 4.77. The van der Waals surface area contributed by atoms with E-state index in [0.717, 1.165) is 59.7 Å². The maximum atomic E-state index is 12.7. The van der Waals surface area contributed by atoms with Gasteiger partial charge in [-0.1, -0.05) is 29.8 Å². The molecule has 1 saturated heterocycles. The fraction of sp³-hybridized carbons (Fsp3) is 0.304. The van der Waals surface area contributed by atoms with E-state index in [-0.39, 0.29) is 11.8 Å². The molecule has 4 rings (SSSR count). The molecule has 1 fully saturated rings. The van der Waals surface area contributed by atoms with Crippen LogP contribution in [0.1, 0.15) is 24.1 Å². The van der Waals surface area contributed by atoms with E-state index in [9.17, 15) is 4.79 Å². The average molecular weight is 394 g/mol. The van der Waals surface area contributed by atoms with E-state index in [1.807, 2.05) is 43.3 Å². The summed E-state index contributed by atoms with van der Waals surface area (Å²) in [4.78, 5) is 19.4. The van der Waals surface area contributed by atoms with E-state index in [0.29, 0.717) is 0 Å². The summed E-state index contributed by atoms with van der Waals surface area (Å²) in [6.07, 6.45) is 3.58. The summed E-state index contributed by atoms with van der Waals surface area (Å²) < 4.78 is 0. The molecule has 0 atom stereocenters. The molecule has 144 valence electrons. The van der Waals surface area contributed by atoms with Crippen molar-refractivity contribution in [1.29, 1.82) is 0 Å². The van der Waals surface area contributed by atoms with Crippen LogP contribution in [0.2, 0.25) is 5.02 Å². The van der Waals surface area contributed by atoms with E-state index in [1.165, 1.54) is 5.56 Å². The Morgan fingerprint density at radius 3 is 2.64 bits per heavy atom. The molecule has 1 aliphatic heterocycles. The highest BCUT2D eigenvalue weighted by Crippen LogP contribution is 2.24. The van der Waals surface area contributed by atoms with Crippen molar-refractivity contribution in [3.05, 3.63) is 71.0 Å². The number of rotatable bonds is 4. The first-order valence-corrected chi connectivity index (χ1v) is 10.1. The molecule has 0 aliphatic carbocycles. The third-order valence-electron chi connectivity index (χ3n) is 5.51. The lowest BCUT2D eigenvalue weighted by Crippen LogP contribution is -2.37. The standard InChI is InChI=1S/C23H24ClN3O/c1-16-22-7-6-21(14-19(22)8-11-25-16)26-23(28)18-9-12-27(13-10-18)15-17-2-4-20(24)5-3-17/h2-8,11,14,18H,9-10,12-13,15H2,1H3,(H,26,28). The minimum Gasteiger partial charge on any atom is -0.326 e. The maximum absolute atomic E-state index is 12.7. The molecule has 0 unspecified atom stereocenters. The lowest BCUT2D eigenvalue weighted by Gasteiger charge is -2.31. The van der Waals surface area contributed by atoms with Gasteiger partial charge in [0, 0.05) is 40.4 Å². The summed E-state index contributed by atoms with van der Waals surface area (Å²) in [7, 11) is 0. The number of benzene rings is 2. The van der Waals surface area contributed by atoms with Crippen LogP contribution in [0, 0.1) is 12.8 Å². The molecule has 2 heterocycles. The van der Waals surface area contributed by atoms with E-state index in [4.69, 9.17) is 11.6 Å². The lowest BCUT2D eigenvalue weighted by atomic mass is 9.95. The minimum absolute atomic E-state index is 0.0661. The van der Waals surface area contributed by atoms with Crippen LogP contribution in [0.4, 0.5) is 5.69 Å². The summed E-state index contributed by atoms with van der Waals surface area (Å²) in [5.74, 6) is 0.188. The van der Waals surface area contributed by atoms with Crippen LogP contribution < -0.4 is 5.32 Å². The quantitative estimate of drug-likeness (QED) is 0.674. The second kappa shape index (κ2) is 8.29. The minimum atomic E-state index is 0.0661. The number of nitrogens with zero attached hydrogens (tertiary/aromatic N) is 2. The highest BCUT2D eigenvalue weighted by molar-refractivity contribution is 6.30. The first kappa shape index (κ1) is 18.9. The normalized spacial score (nSPS) is 15.6. The van der Waals surface area contributed by atoms with Gasteiger partial charge in [0.15, 0.2) is 0 Å². The lowest BCUT2D eigenvalue weighted by molar-refractivity contribution is -0.121. The van der Waals surface area contributed by atoms with Crippen LogP contribution in [-0.4, -0.2) is 28.9 Å². The van der Waals surface area contributed by atoms with Gasteiger partial charge < -0.3 is 5.32 Å². The Hall–Kier alpha value is -2.43. The number of halogens is 1. The van der Waals surface area contributed by atoms with Crippen molar-refractivity contribution in [2.75, 3.05) is 18.4 Å². The number of hydrogen-bond donors (Lipinski definition) is 1. The Morgan fingerprint density at radius 1 is 1.14 bits per heavy atom. The number of anilines is 1. The van der Waals surface area contributed by atoms with Gasteiger partial charge in [0.05, 0.1) is 0 Å². The van der Waals surface area contributed by atoms with Gasteiger partial charge in [-0.2, -0.15) is 0 Å². The Balaban J connectivity index is 1.33. The summed E-state index contributed by atoms with van der Waals surface area (Å²) in [5.41, 5.74) is 3.11. The van der Waals surface area contributed by atoms with Gasteiger partial charge >= 0.3 is 0 Å². The predicted octanol–water partition coefficient (Wildman–Crippen LogP) is 5.05. The van der Waals surface area contributed by atoms with Gasteiger partial charge in [-0.25, -0.2) is 0 Å². The number of aryl methyl sites for hydroxylation is 1. The zero-order valence-corrected chi connectivity index (χ0v) is 16.7. The van der Waals surface area contributed by atoms with E-state index >= 15 is 0 Å². The number of pyridine rings is 1. The number of carbonyl (C=O) groups is 1. The van der Waals surface area contributed by atoms with Crippen molar-refractivity contribution in [1.82, 2.24) is 9.88 Å². The Morgan fingerprint density at radius 2 is 1.89 bits per heavy atom.